The van der Waals surface area contributed by atoms with Crippen molar-refractivity contribution in [3.05, 3.63) is 62.4 Å². The lowest BCUT2D eigenvalue weighted by Gasteiger charge is -1.98. The highest BCUT2D eigenvalue weighted by Crippen LogP contribution is 2.27. The third kappa shape index (κ3) is 2.58. The average molecular weight is 277 g/mol. The van der Waals surface area contributed by atoms with Crippen LogP contribution in [0, 0.1) is 20.2 Å². The van der Waals surface area contributed by atoms with Crippen molar-refractivity contribution in [2.75, 3.05) is 0 Å². The molecule has 10 heteroatoms. The molecule has 0 spiro atoms. The Morgan fingerprint density at radius 3 is 2.60 bits per heavy atom. The van der Waals surface area contributed by atoms with E-state index in [1.54, 1.807) is 6.07 Å². The molecule has 0 saturated heterocycles. The molecule has 2 heterocycles. The van der Waals surface area contributed by atoms with E-state index in [-0.39, 0.29) is 11.3 Å². The zero-order valence-corrected chi connectivity index (χ0v) is 9.78. The van der Waals surface area contributed by atoms with Crippen molar-refractivity contribution in [3.63, 3.8) is 0 Å². The van der Waals surface area contributed by atoms with Gasteiger partial charge in [-0.05, 0) is 12.1 Å². The Morgan fingerprint density at radius 1 is 1.25 bits per heavy atom. The molecule has 2 aromatic rings. The Labute approximate surface area is 110 Å². The maximum absolute atomic E-state index is 10.9. The fraction of sp³-hybridized carbons (Fsp3) is 0. The lowest BCUT2D eigenvalue weighted by atomic mass is 10.3. The van der Waals surface area contributed by atoms with Gasteiger partial charge in [0.25, 0.3) is 5.69 Å². The van der Waals surface area contributed by atoms with E-state index in [0.717, 1.165) is 12.3 Å². The third-order valence-electron chi connectivity index (χ3n) is 2.28. The van der Waals surface area contributed by atoms with Gasteiger partial charge < -0.3 is 5.21 Å². The first-order valence-electron chi connectivity index (χ1n) is 5.19. The SMILES string of the molecule is O=[N+]([O-])c1cnc(/N=c2\ccccn2O)c([N+](=O)[O-])c1. The van der Waals surface area contributed by atoms with Crippen LogP contribution in [0.4, 0.5) is 17.2 Å². The summed E-state index contributed by atoms with van der Waals surface area (Å²) in [5.41, 5.74) is -1.14. The summed E-state index contributed by atoms with van der Waals surface area (Å²) in [7, 11) is 0. The van der Waals surface area contributed by atoms with Crippen LogP contribution in [0.25, 0.3) is 0 Å². The maximum atomic E-state index is 10.9. The quantitative estimate of drug-likeness (QED) is 0.507. The van der Waals surface area contributed by atoms with Crippen molar-refractivity contribution >= 4 is 17.2 Å². The van der Waals surface area contributed by atoms with Crippen LogP contribution in [0.1, 0.15) is 0 Å². The highest BCUT2D eigenvalue weighted by atomic mass is 16.6. The summed E-state index contributed by atoms with van der Waals surface area (Å²) >= 11 is 0. The molecular formula is C10H7N5O5. The van der Waals surface area contributed by atoms with Gasteiger partial charge in [-0.3, -0.25) is 20.2 Å². The van der Waals surface area contributed by atoms with Crippen LogP contribution in [-0.2, 0) is 0 Å². The number of nitrogens with zero attached hydrogens (tertiary/aromatic N) is 5. The molecule has 0 aromatic carbocycles. The lowest BCUT2D eigenvalue weighted by molar-refractivity contribution is -0.394. The van der Waals surface area contributed by atoms with Crippen molar-refractivity contribution in [3.8, 4) is 0 Å². The molecule has 0 radical (unpaired) electrons. The summed E-state index contributed by atoms with van der Waals surface area (Å²) in [4.78, 5) is 27.2. The lowest BCUT2D eigenvalue weighted by Crippen LogP contribution is -2.16. The fourth-order valence-electron chi connectivity index (χ4n) is 1.38. The molecular weight excluding hydrogens is 270 g/mol. The second-order valence-corrected chi connectivity index (χ2v) is 3.57. The number of hydrogen-bond donors (Lipinski definition) is 1. The fourth-order valence-corrected chi connectivity index (χ4v) is 1.38. The Kier molecular flexibility index (Phi) is 3.37. The molecule has 0 fully saturated rings. The smallest absolute Gasteiger partial charge is 0.320 e. The molecule has 0 aliphatic carbocycles. The molecule has 102 valence electrons. The van der Waals surface area contributed by atoms with E-state index in [1.165, 1.54) is 18.3 Å². The van der Waals surface area contributed by atoms with E-state index in [4.69, 9.17) is 0 Å². The van der Waals surface area contributed by atoms with Crippen LogP contribution in [0.15, 0.2) is 41.7 Å². The number of pyridine rings is 2. The molecule has 0 unspecified atom stereocenters. The van der Waals surface area contributed by atoms with Crippen molar-refractivity contribution in [2.24, 2.45) is 4.99 Å². The maximum Gasteiger partial charge on any atom is 0.320 e. The van der Waals surface area contributed by atoms with E-state index < -0.39 is 21.2 Å². The molecule has 0 aliphatic heterocycles. The molecule has 0 bridgehead atoms. The van der Waals surface area contributed by atoms with Gasteiger partial charge in [-0.15, -0.1) is 0 Å². The minimum atomic E-state index is -0.830. The predicted octanol–water partition coefficient (Wildman–Crippen LogP) is 1.17. The van der Waals surface area contributed by atoms with Crippen molar-refractivity contribution in [1.29, 1.82) is 0 Å². The average Bonchev–Trinajstić information content (AvgIpc) is 2.41. The van der Waals surface area contributed by atoms with E-state index in [2.05, 4.69) is 9.98 Å². The van der Waals surface area contributed by atoms with E-state index in [0.29, 0.717) is 4.73 Å². The first-order valence-corrected chi connectivity index (χ1v) is 5.19. The van der Waals surface area contributed by atoms with Crippen LogP contribution in [0.2, 0.25) is 0 Å². The van der Waals surface area contributed by atoms with Gasteiger partial charge in [0.2, 0.25) is 5.82 Å². The van der Waals surface area contributed by atoms with Gasteiger partial charge in [-0.25, -0.2) is 9.98 Å². The Bertz CT molecular complexity index is 754. The summed E-state index contributed by atoms with van der Waals surface area (Å²) in [6.07, 6.45) is 2.13. The van der Waals surface area contributed by atoms with E-state index in [1.807, 2.05) is 0 Å². The largest absolute Gasteiger partial charge is 0.427 e. The van der Waals surface area contributed by atoms with Gasteiger partial charge in [-0.1, -0.05) is 6.07 Å². The van der Waals surface area contributed by atoms with E-state index >= 15 is 0 Å². The summed E-state index contributed by atoms with van der Waals surface area (Å²) in [5, 5.41) is 30.9. The zero-order chi connectivity index (χ0) is 14.7. The van der Waals surface area contributed by atoms with Gasteiger partial charge in [-0.2, -0.15) is 4.73 Å². The monoisotopic (exact) mass is 277 g/mol. The Hall–Kier alpha value is -3.30. The third-order valence-corrected chi connectivity index (χ3v) is 2.28. The summed E-state index contributed by atoms with van der Waals surface area (Å²) in [6.45, 7) is 0. The number of nitro groups is 2. The second-order valence-electron chi connectivity index (χ2n) is 3.57. The van der Waals surface area contributed by atoms with Gasteiger partial charge >= 0.3 is 5.69 Å². The van der Waals surface area contributed by atoms with Crippen LogP contribution in [-0.4, -0.2) is 24.8 Å². The molecule has 10 nitrogen and oxygen atoms in total. The summed E-state index contributed by atoms with van der Waals surface area (Å²) in [6, 6.07) is 5.24. The summed E-state index contributed by atoms with van der Waals surface area (Å²) < 4.78 is 0.646. The van der Waals surface area contributed by atoms with Gasteiger partial charge in [0, 0.05) is 6.20 Å². The van der Waals surface area contributed by atoms with Crippen LogP contribution in [0.3, 0.4) is 0 Å². The Morgan fingerprint density at radius 2 is 2.00 bits per heavy atom. The zero-order valence-electron chi connectivity index (χ0n) is 9.78. The first kappa shape index (κ1) is 13.1. The molecule has 2 aromatic heterocycles. The minimum Gasteiger partial charge on any atom is -0.427 e. The van der Waals surface area contributed by atoms with Crippen molar-refractivity contribution in [2.45, 2.75) is 0 Å². The number of hydrogen-bond acceptors (Lipinski definition) is 7. The number of aromatic nitrogens is 2. The molecule has 0 saturated carbocycles. The van der Waals surface area contributed by atoms with Crippen LogP contribution >= 0.6 is 0 Å². The highest BCUT2D eigenvalue weighted by Gasteiger charge is 2.20. The molecule has 0 atom stereocenters. The van der Waals surface area contributed by atoms with Crippen molar-refractivity contribution < 1.29 is 15.1 Å². The molecule has 0 amide bonds. The highest BCUT2D eigenvalue weighted by molar-refractivity contribution is 5.55. The number of rotatable bonds is 3. The van der Waals surface area contributed by atoms with Crippen LogP contribution < -0.4 is 5.49 Å². The molecule has 20 heavy (non-hydrogen) atoms. The normalized spacial score (nSPS) is 11.3. The standard InChI is InChI=1S/C10H7N5O5/c16-13-4-2-1-3-9(13)12-10-8(15(19)20)5-7(6-11-10)14(17)18/h1-6,16H/b12-9+. The Balaban J connectivity index is 2.64. The van der Waals surface area contributed by atoms with Gasteiger partial charge in [0.15, 0.2) is 5.49 Å². The molecule has 2 rings (SSSR count). The van der Waals surface area contributed by atoms with E-state index in [9.17, 15) is 25.4 Å². The topological polar surface area (TPSA) is 137 Å². The van der Waals surface area contributed by atoms with Crippen LogP contribution in [0.5, 0.6) is 0 Å². The predicted molar refractivity (Wildman–Crippen MR) is 64.4 cm³/mol. The molecule has 1 N–H and O–H groups in total. The minimum absolute atomic E-state index is 0.00282. The van der Waals surface area contributed by atoms with Gasteiger partial charge in [0.05, 0.1) is 15.9 Å². The second kappa shape index (κ2) is 5.14. The van der Waals surface area contributed by atoms with Crippen molar-refractivity contribution in [1.82, 2.24) is 9.71 Å². The van der Waals surface area contributed by atoms with Gasteiger partial charge in [0.1, 0.15) is 6.20 Å². The first-order chi connectivity index (χ1) is 9.49. The molecule has 0 aliphatic rings. The summed E-state index contributed by atoms with van der Waals surface area (Å²) in [5.74, 6) is -0.338.